The zero-order chi connectivity index (χ0) is 30.5. The highest BCUT2D eigenvalue weighted by atomic mass is 28.4. The van der Waals surface area contributed by atoms with Gasteiger partial charge in [-0.3, -0.25) is 4.98 Å². The molecule has 0 saturated carbocycles. The number of methoxy groups -OCH3 is 1. The summed E-state index contributed by atoms with van der Waals surface area (Å²) in [6.45, 7) is 13.7. The molecule has 4 rings (SSSR count). The Hall–Kier alpha value is -3.16. The molecular weight excluding hydrogens is 541 g/mol. The number of rotatable bonds is 11. The normalized spacial score (nSPS) is 13.0. The van der Waals surface area contributed by atoms with Crippen molar-refractivity contribution >= 4 is 18.7 Å². The molecule has 42 heavy (non-hydrogen) atoms. The number of hydrogen-bond acceptors (Lipinski definition) is 4. The van der Waals surface area contributed by atoms with Gasteiger partial charge in [0.2, 0.25) is 0 Å². The quantitative estimate of drug-likeness (QED) is 0.187. The summed E-state index contributed by atoms with van der Waals surface area (Å²) in [7, 11) is -1.10. The van der Waals surface area contributed by atoms with Gasteiger partial charge in [-0.15, -0.1) is 0 Å². The van der Waals surface area contributed by atoms with E-state index in [1.165, 1.54) is 22.5 Å². The van der Waals surface area contributed by atoms with Crippen LogP contribution in [0.3, 0.4) is 0 Å². The SMILES string of the molecule is COCc1c([C@H](C)CO[Si](c2ccccc2)(c2ccccc2)C(C)(C)C)nc(C(C)C)c(CO)c1-c1ccc(F)cc1. The van der Waals surface area contributed by atoms with Crippen LogP contribution in [0.15, 0.2) is 84.9 Å². The number of pyridine rings is 1. The van der Waals surface area contributed by atoms with E-state index in [0.717, 1.165) is 33.6 Å². The highest BCUT2D eigenvalue weighted by molar-refractivity contribution is 6.99. The fraction of sp³-hybridized carbons (Fsp3) is 0.361. The van der Waals surface area contributed by atoms with Crippen molar-refractivity contribution < 1.29 is 18.7 Å². The Balaban J connectivity index is 1.88. The Bertz CT molecular complexity index is 1410. The van der Waals surface area contributed by atoms with Crippen LogP contribution in [0.5, 0.6) is 0 Å². The Morgan fingerprint density at radius 2 is 1.36 bits per heavy atom. The zero-order valence-corrected chi connectivity index (χ0v) is 26.9. The first-order valence-corrected chi connectivity index (χ1v) is 16.6. The molecule has 0 aliphatic rings. The summed E-state index contributed by atoms with van der Waals surface area (Å²) < 4.78 is 26.9. The maximum Gasteiger partial charge on any atom is 0.261 e. The summed E-state index contributed by atoms with van der Waals surface area (Å²) >= 11 is 0. The Morgan fingerprint density at radius 3 is 1.81 bits per heavy atom. The van der Waals surface area contributed by atoms with Crippen LogP contribution in [-0.2, 0) is 22.4 Å². The lowest BCUT2D eigenvalue weighted by Gasteiger charge is -2.43. The van der Waals surface area contributed by atoms with Crippen molar-refractivity contribution in [2.45, 2.75) is 71.6 Å². The highest BCUT2D eigenvalue weighted by Crippen LogP contribution is 2.40. The number of halogens is 1. The average Bonchev–Trinajstić information content (AvgIpc) is 2.98. The molecule has 0 saturated heterocycles. The first kappa shape index (κ1) is 31.8. The van der Waals surface area contributed by atoms with Gasteiger partial charge in [-0.2, -0.15) is 0 Å². The third-order valence-electron chi connectivity index (χ3n) is 8.02. The standard InChI is InChI=1S/C36H44FNO3Si/c1-25(2)34-31(22-39)33(27-18-20-28(37)21-19-27)32(24-40-7)35(38-34)26(3)23-41-42(36(4,5)6,29-14-10-8-11-15-29)30-16-12-9-13-17-30/h8-21,25-26,39H,22-24H2,1-7H3/t26-/m1/s1. The average molecular weight is 586 g/mol. The van der Waals surface area contributed by atoms with E-state index >= 15 is 0 Å². The predicted molar refractivity (Wildman–Crippen MR) is 172 cm³/mol. The van der Waals surface area contributed by atoms with Gasteiger partial charge < -0.3 is 14.3 Å². The molecule has 0 fully saturated rings. The van der Waals surface area contributed by atoms with E-state index in [1.807, 2.05) is 12.1 Å². The van der Waals surface area contributed by atoms with E-state index < -0.39 is 8.32 Å². The van der Waals surface area contributed by atoms with Gasteiger partial charge in [0.05, 0.1) is 18.9 Å². The molecule has 1 N–H and O–H groups in total. The van der Waals surface area contributed by atoms with Crippen LogP contribution in [-0.4, -0.2) is 32.1 Å². The molecule has 1 atom stereocenters. The van der Waals surface area contributed by atoms with Crippen LogP contribution in [0, 0.1) is 5.82 Å². The number of nitrogens with zero attached hydrogens (tertiary/aromatic N) is 1. The monoisotopic (exact) mass is 585 g/mol. The first-order valence-electron chi connectivity index (χ1n) is 14.7. The maximum atomic E-state index is 13.9. The fourth-order valence-corrected chi connectivity index (χ4v) is 10.7. The molecule has 0 aliphatic carbocycles. The van der Waals surface area contributed by atoms with Crippen molar-refractivity contribution in [3.05, 3.63) is 113 Å². The summed E-state index contributed by atoms with van der Waals surface area (Å²) in [5, 5.41) is 12.9. The van der Waals surface area contributed by atoms with Crippen molar-refractivity contribution in [3.63, 3.8) is 0 Å². The van der Waals surface area contributed by atoms with E-state index in [-0.39, 0.29) is 29.3 Å². The van der Waals surface area contributed by atoms with Gasteiger partial charge in [0.15, 0.2) is 0 Å². The lowest BCUT2D eigenvalue weighted by Crippen LogP contribution is -2.66. The second-order valence-corrected chi connectivity index (χ2v) is 16.6. The minimum atomic E-state index is -2.76. The van der Waals surface area contributed by atoms with E-state index in [2.05, 4.69) is 90.1 Å². The number of benzene rings is 3. The van der Waals surface area contributed by atoms with Gasteiger partial charge in [0.1, 0.15) is 5.82 Å². The van der Waals surface area contributed by atoms with Crippen LogP contribution in [0.25, 0.3) is 11.1 Å². The van der Waals surface area contributed by atoms with Crippen molar-refractivity contribution in [1.29, 1.82) is 0 Å². The lowest BCUT2D eigenvalue weighted by atomic mass is 9.87. The van der Waals surface area contributed by atoms with Crippen LogP contribution in [0.4, 0.5) is 4.39 Å². The van der Waals surface area contributed by atoms with E-state index in [9.17, 15) is 9.50 Å². The smallest absolute Gasteiger partial charge is 0.261 e. The summed E-state index contributed by atoms with van der Waals surface area (Å²) in [6.07, 6.45) is 0. The number of aliphatic hydroxyl groups excluding tert-OH is 1. The molecule has 4 aromatic rings. The van der Waals surface area contributed by atoms with Crippen molar-refractivity contribution in [1.82, 2.24) is 4.98 Å². The molecule has 1 heterocycles. The molecule has 4 nitrogen and oxygen atoms in total. The number of aliphatic hydroxyl groups is 1. The third-order valence-corrected chi connectivity index (χ3v) is 13.0. The molecule has 0 amide bonds. The summed E-state index contributed by atoms with van der Waals surface area (Å²) in [4.78, 5) is 5.19. The van der Waals surface area contributed by atoms with Gasteiger partial charge >= 0.3 is 0 Å². The minimum absolute atomic E-state index is 0.0755. The van der Waals surface area contributed by atoms with Crippen molar-refractivity contribution in [2.24, 2.45) is 0 Å². The Morgan fingerprint density at radius 1 is 0.810 bits per heavy atom. The molecule has 0 spiro atoms. The van der Waals surface area contributed by atoms with E-state index in [1.54, 1.807) is 19.2 Å². The van der Waals surface area contributed by atoms with E-state index in [0.29, 0.717) is 13.2 Å². The first-order chi connectivity index (χ1) is 20.0. The third kappa shape index (κ3) is 6.27. The minimum Gasteiger partial charge on any atom is -0.407 e. The summed E-state index contributed by atoms with van der Waals surface area (Å²) in [6, 6.07) is 27.7. The molecule has 222 valence electrons. The van der Waals surface area contributed by atoms with Crippen LogP contribution in [0.2, 0.25) is 5.04 Å². The molecular formula is C36H44FNO3Si. The number of hydrogen-bond donors (Lipinski definition) is 1. The van der Waals surface area contributed by atoms with E-state index in [4.69, 9.17) is 14.1 Å². The topological polar surface area (TPSA) is 51.6 Å². The van der Waals surface area contributed by atoms with Gasteiger partial charge in [-0.25, -0.2) is 4.39 Å². The highest BCUT2D eigenvalue weighted by Gasteiger charge is 2.50. The van der Waals surface area contributed by atoms with Gasteiger partial charge in [0, 0.05) is 36.5 Å². The number of ether oxygens (including phenoxy) is 1. The van der Waals surface area contributed by atoms with Gasteiger partial charge in [0.25, 0.3) is 8.32 Å². The second kappa shape index (κ2) is 13.4. The summed E-state index contributed by atoms with van der Waals surface area (Å²) in [5.74, 6) is -0.309. The molecule has 0 aliphatic heterocycles. The van der Waals surface area contributed by atoms with Gasteiger partial charge in [-0.1, -0.05) is 114 Å². The Labute approximate surface area is 251 Å². The van der Waals surface area contributed by atoms with Crippen LogP contribution in [0.1, 0.15) is 75.9 Å². The zero-order valence-electron chi connectivity index (χ0n) is 25.9. The maximum absolute atomic E-state index is 13.9. The van der Waals surface area contributed by atoms with Crippen LogP contribution < -0.4 is 10.4 Å². The Kier molecular flexibility index (Phi) is 10.2. The molecule has 0 radical (unpaired) electrons. The lowest BCUT2D eigenvalue weighted by molar-refractivity contribution is 0.182. The van der Waals surface area contributed by atoms with Crippen LogP contribution >= 0.6 is 0 Å². The number of aromatic nitrogens is 1. The van der Waals surface area contributed by atoms with Crippen molar-refractivity contribution in [2.75, 3.05) is 13.7 Å². The summed E-state index contributed by atoms with van der Waals surface area (Å²) in [5.41, 5.74) is 5.08. The van der Waals surface area contributed by atoms with Crippen molar-refractivity contribution in [3.8, 4) is 11.1 Å². The molecule has 1 aromatic heterocycles. The molecule has 0 bridgehead atoms. The molecule has 0 unspecified atom stereocenters. The fourth-order valence-electron chi connectivity index (χ4n) is 6.09. The largest absolute Gasteiger partial charge is 0.407 e. The van der Waals surface area contributed by atoms with Gasteiger partial charge in [-0.05, 0) is 44.6 Å². The predicted octanol–water partition coefficient (Wildman–Crippen LogP) is 7.33. The molecule has 6 heteroatoms. The molecule has 3 aromatic carbocycles. The second-order valence-electron chi connectivity index (χ2n) is 12.3.